The van der Waals surface area contributed by atoms with Crippen LogP contribution in [0.15, 0.2) is 66.6 Å². The fourth-order valence-electron chi connectivity index (χ4n) is 2.70. The summed E-state index contributed by atoms with van der Waals surface area (Å²) in [6.07, 6.45) is 5.10. The van der Waals surface area contributed by atoms with Crippen LogP contribution in [0.4, 0.5) is 5.69 Å². The van der Waals surface area contributed by atoms with Gasteiger partial charge in [-0.3, -0.25) is 19.1 Å². The van der Waals surface area contributed by atoms with Crippen LogP contribution in [-0.2, 0) is 16.1 Å². The third-order valence-electron chi connectivity index (χ3n) is 4.25. The molecule has 31 heavy (non-hydrogen) atoms. The molecule has 0 spiro atoms. The largest absolute Gasteiger partial charge is 0.336 e. The maximum absolute atomic E-state index is 12.5. The number of pyridine rings is 1. The van der Waals surface area contributed by atoms with Crippen molar-refractivity contribution in [1.82, 2.24) is 24.6 Å². The van der Waals surface area contributed by atoms with Gasteiger partial charge in [0.25, 0.3) is 0 Å². The highest BCUT2D eigenvalue weighted by Gasteiger charge is 2.18. The lowest BCUT2D eigenvalue weighted by molar-refractivity contribution is -0.131. The van der Waals surface area contributed by atoms with E-state index in [-0.39, 0.29) is 24.1 Å². The Morgan fingerprint density at radius 3 is 2.68 bits per heavy atom. The van der Waals surface area contributed by atoms with Crippen LogP contribution in [0.3, 0.4) is 0 Å². The summed E-state index contributed by atoms with van der Waals surface area (Å²) in [5.41, 5.74) is 1.38. The van der Waals surface area contributed by atoms with Crippen molar-refractivity contribution in [3.05, 3.63) is 66.5 Å². The van der Waals surface area contributed by atoms with E-state index in [0.717, 1.165) is 5.56 Å². The van der Waals surface area contributed by atoms with E-state index in [1.807, 2.05) is 16.7 Å². The standard InChI is InChI=1S/C21H21ClN6O2S/c1-3-12-28-20(15-8-10-23-11-9-15)25-26-21(28)31-14-19(30)27(2)13-18(29)24-17-7-5-4-6-16(17)22/h3-11H,1,12-14H2,2H3,(H,24,29). The Hall–Kier alpha value is -3.17. The minimum absolute atomic E-state index is 0.0910. The Labute approximate surface area is 189 Å². The fourth-order valence-corrected chi connectivity index (χ4v) is 3.77. The predicted octanol–water partition coefficient (Wildman–Crippen LogP) is 3.37. The number of halogens is 1. The number of carbonyl (C=O) groups is 2. The zero-order valence-electron chi connectivity index (χ0n) is 16.9. The second-order valence-electron chi connectivity index (χ2n) is 6.51. The number of benzene rings is 1. The van der Waals surface area contributed by atoms with Crippen LogP contribution < -0.4 is 5.32 Å². The number of thioether (sulfide) groups is 1. The number of allylic oxidation sites excluding steroid dienone is 1. The molecule has 10 heteroatoms. The predicted molar refractivity (Wildman–Crippen MR) is 122 cm³/mol. The molecule has 3 aromatic rings. The molecule has 2 amide bonds. The second kappa shape index (κ2) is 10.7. The SMILES string of the molecule is C=CCn1c(SCC(=O)N(C)CC(=O)Nc2ccccc2Cl)nnc1-c1ccncc1. The van der Waals surface area contributed by atoms with E-state index in [9.17, 15) is 9.59 Å². The fraction of sp³-hybridized carbons (Fsp3) is 0.190. The number of amides is 2. The number of hydrogen-bond acceptors (Lipinski definition) is 6. The third-order valence-corrected chi connectivity index (χ3v) is 5.53. The van der Waals surface area contributed by atoms with Crippen LogP contribution in [-0.4, -0.2) is 55.8 Å². The number of hydrogen-bond donors (Lipinski definition) is 1. The molecule has 2 aromatic heterocycles. The monoisotopic (exact) mass is 456 g/mol. The second-order valence-corrected chi connectivity index (χ2v) is 7.86. The lowest BCUT2D eigenvalue weighted by Crippen LogP contribution is -2.36. The molecule has 0 fully saturated rings. The van der Waals surface area contributed by atoms with Gasteiger partial charge in [0.05, 0.1) is 23.0 Å². The Bertz CT molecular complexity index is 1070. The number of nitrogens with zero attached hydrogens (tertiary/aromatic N) is 5. The Balaban J connectivity index is 1.60. The highest BCUT2D eigenvalue weighted by molar-refractivity contribution is 7.99. The highest BCUT2D eigenvalue weighted by atomic mass is 35.5. The molecule has 0 aliphatic carbocycles. The summed E-state index contributed by atoms with van der Waals surface area (Å²) < 4.78 is 1.88. The summed E-state index contributed by atoms with van der Waals surface area (Å²) in [5.74, 6) is 0.244. The van der Waals surface area contributed by atoms with Gasteiger partial charge in [0, 0.05) is 31.5 Å². The van der Waals surface area contributed by atoms with Crippen molar-refractivity contribution in [3.8, 4) is 11.4 Å². The molecule has 8 nitrogen and oxygen atoms in total. The molecule has 3 rings (SSSR count). The molecule has 2 heterocycles. The van der Waals surface area contributed by atoms with E-state index in [0.29, 0.717) is 28.2 Å². The molecule has 0 aliphatic heterocycles. The molecule has 0 bridgehead atoms. The highest BCUT2D eigenvalue weighted by Crippen LogP contribution is 2.24. The van der Waals surface area contributed by atoms with E-state index in [4.69, 9.17) is 11.6 Å². The molecule has 1 N–H and O–H groups in total. The quantitative estimate of drug-likeness (QED) is 0.392. The zero-order valence-corrected chi connectivity index (χ0v) is 18.4. The summed E-state index contributed by atoms with van der Waals surface area (Å²) in [6.45, 7) is 4.19. The number of nitrogens with one attached hydrogen (secondary N) is 1. The lowest BCUT2D eigenvalue weighted by atomic mass is 10.2. The first kappa shape index (κ1) is 22.5. The molecule has 0 saturated carbocycles. The average molecular weight is 457 g/mol. The number of anilines is 1. The van der Waals surface area contributed by atoms with Crippen molar-refractivity contribution in [1.29, 1.82) is 0 Å². The van der Waals surface area contributed by atoms with Crippen LogP contribution >= 0.6 is 23.4 Å². The normalized spacial score (nSPS) is 10.5. The smallest absolute Gasteiger partial charge is 0.244 e. The maximum Gasteiger partial charge on any atom is 0.244 e. The summed E-state index contributed by atoms with van der Waals surface area (Å²) in [4.78, 5) is 30.1. The van der Waals surface area contributed by atoms with Crippen molar-refractivity contribution >= 4 is 40.9 Å². The molecule has 0 radical (unpaired) electrons. The van der Waals surface area contributed by atoms with Crippen LogP contribution in [0, 0.1) is 0 Å². The molecule has 160 valence electrons. The van der Waals surface area contributed by atoms with Crippen molar-refractivity contribution in [2.75, 3.05) is 24.7 Å². The van der Waals surface area contributed by atoms with Crippen LogP contribution in [0.1, 0.15) is 0 Å². The first-order valence-electron chi connectivity index (χ1n) is 9.35. The van der Waals surface area contributed by atoms with Gasteiger partial charge in [-0.2, -0.15) is 0 Å². The van der Waals surface area contributed by atoms with Crippen LogP contribution in [0.2, 0.25) is 5.02 Å². The van der Waals surface area contributed by atoms with Crippen molar-refractivity contribution in [3.63, 3.8) is 0 Å². The van der Waals surface area contributed by atoms with E-state index in [1.165, 1.54) is 16.7 Å². The number of aromatic nitrogens is 4. The zero-order chi connectivity index (χ0) is 22.2. The van der Waals surface area contributed by atoms with Crippen LogP contribution in [0.5, 0.6) is 0 Å². The van der Waals surface area contributed by atoms with Gasteiger partial charge in [-0.1, -0.05) is 41.6 Å². The van der Waals surface area contributed by atoms with E-state index in [1.54, 1.807) is 49.8 Å². The molecule has 0 aliphatic rings. The first-order valence-corrected chi connectivity index (χ1v) is 10.7. The van der Waals surface area contributed by atoms with Crippen molar-refractivity contribution < 1.29 is 9.59 Å². The van der Waals surface area contributed by atoms with Gasteiger partial charge in [0.15, 0.2) is 11.0 Å². The number of carbonyl (C=O) groups excluding carboxylic acids is 2. The lowest BCUT2D eigenvalue weighted by Gasteiger charge is -2.17. The molecule has 0 atom stereocenters. The molecular weight excluding hydrogens is 436 g/mol. The van der Waals surface area contributed by atoms with Gasteiger partial charge in [-0.05, 0) is 24.3 Å². The summed E-state index contributed by atoms with van der Waals surface area (Å²) in [6, 6.07) is 10.6. The topological polar surface area (TPSA) is 93.0 Å². The van der Waals surface area contributed by atoms with Gasteiger partial charge in [-0.25, -0.2) is 0 Å². The van der Waals surface area contributed by atoms with Gasteiger partial charge in [0.1, 0.15) is 0 Å². The minimum Gasteiger partial charge on any atom is -0.336 e. The van der Waals surface area contributed by atoms with Gasteiger partial charge in [0.2, 0.25) is 11.8 Å². The van der Waals surface area contributed by atoms with E-state index in [2.05, 4.69) is 27.1 Å². The Morgan fingerprint density at radius 2 is 1.97 bits per heavy atom. The van der Waals surface area contributed by atoms with Crippen molar-refractivity contribution in [2.45, 2.75) is 11.7 Å². The Morgan fingerprint density at radius 1 is 1.23 bits per heavy atom. The summed E-state index contributed by atoms with van der Waals surface area (Å²) in [5, 5.41) is 12.2. The number of likely N-dealkylation sites (N-methyl/N-ethyl adjacent to an activating group) is 1. The van der Waals surface area contributed by atoms with Gasteiger partial charge < -0.3 is 10.2 Å². The van der Waals surface area contributed by atoms with Gasteiger partial charge >= 0.3 is 0 Å². The molecule has 0 unspecified atom stereocenters. The summed E-state index contributed by atoms with van der Waals surface area (Å²) in [7, 11) is 1.58. The van der Waals surface area contributed by atoms with E-state index >= 15 is 0 Å². The van der Waals surface area contributed by atoms with Gasteiger partial charge in [-0.15, -0.1) is 16.8 Å². The minimum atomic E-state index is -0.330. The Kier molecular flexibility index (Phi) is 7.80. The van der Waals surface area contributed by atoms with E-state index < -0.39 is 0 Å². The first-order chi connectivity index (χ1) is 15.0. The van der Waals surface area contributed by atoms with Crippen molar-refractivity contribution in [2.24, 2.45) is 0 Å². The average Bonchev–Trinajstić information content (AvgIpc) is 3.17. The number of para-hydroxylation sites is 1. The molecule has 0 saturated heterocycles. The maximum atomic E-state index is 12.5. The molecule has 1 aromatic carbocycles. The summed E-state index contributed by atoms with van der Waals surface area (Å²) >= 11 is 7.30. The third kappa shape index (κ3) is 5.93. The number of rotatable bonds is 9. The van der Waals surface area contributed by atoms with Crippen LogP contribution in [0.25, 0.3) is 11.4 Å². The molecular formula is C21H21ClN6O2S.